The monoisotopic (exact) mass is 197 g/mol. The molecule has 0 fully saturated rings. The fraction of sp³-hybridized carbons (Fsp3) is 0.556. The third-order valence-electron chi connectivity index (χ3n) is 1.68. The second-order valence-electron chi connectivity index (χ2n) is 3.05. The number of nitrogens with zero attached hydrogens (tertiary/aromatic N) is 2. The molecule has 0 aliphatic rings. The molecule has 0 bridgehead atoms. The van der Waals surface area contributed by atoms with Gasteiger partial charge in [-0.15, -0.1) is 5.10 Å². The number of nitrogens with one attached hydrogen (secondary N) is 1. The molecular weight excluding hydrogens is 182 g/mol. The summed E-state index contributed by atoms with van der Waals surface area (Å²) in [5.74, 6) is 0.658. The molecule has 0 radical (unpaired) electrons. The summed E-state index contributed by atoms with van der Waals surface area (Å²) in [7, 11) is 1.55. The van der Waals surface area contributed by atoms with E-state index in [1.807, 2.05) is 19.1 Å². The molecule has 5 heteroatoms. The maximum absolute atomic E-state index is 9.33. The maximum atomic E-state index is 9.33. The van der Waals surface area contributed by atoms with E-state index in [0.717, 1.165) is 5.69 Å². The van der Waals surface area contributed by atoms with Crippen molar-refractivity contribution in [1.29, 1.82) is 0 Å². The third kappa shape index (κ3) is 3.68. The highest BCUT2D eigenvalue weighted by molar-refractivity contribution is 5.32. The lowest BCUT2D eigenvalue weighted by Crippen LogP contribution is -2.24. The number of aliphatic hydroxyl groups is 1. The van der Waals surface area contributed by atoms with Crippen LogP contribution in [0.5, 0.6) is 0 Å². The zero-order chi connectivity index (χ0) is 10.4. The van der Waals surface area contributed by atoms with Gasteiger partial charge in [-0.05, 0) is 19.1 Å². The van der Waals surface area contributed by atoms with E-state index in [4.69, 9.17) is 4.74 Å². The van der Waals surface area contributed by atoms with Crippen molar-refractivity contribution in [2.75, 3.05) is 25.6 Å². The topological polar surface area (TPSA) is 67.3 Å². The molecule has 5 nitrogen and oxygen atoms in total. The number of hydrogen-bond donors (Lipinski definition) is 2. The van der Waals surface area contributed by atoms with Crippen LogP contribution in [0.4, 0.5) is 5.82 Å². The van der Waals surface area contributed by atoms with Crippen molar-refractivity contribution in [1.82, 2.24) is 10.2 Å². The first-order chi connectivity index (χ1) is 6.72. The van der Waals surface area contributed by atoms with Crippen molar-refractivity contribution < 1.29 is 9.84 Å². The number of methoxy groups -OCH3 is 1. The SMILES string of the molecule is COCC(O)CNc1ccc(C)nn1. The van der Waals surface area contributed by atoms with Crippen molar-refractivity contribution >= 4 is 5.82 Å². The van der Waals surface area contributed by atoms with Crippen LogP contribution in [0.25, 0.3) is 0 Å². The van der Waals surface area contributed by atoms with Crippen molar-refractivity contribution in [3.8, 4) is 0 Å². The van der Waals surface area contributed by atoms with E-state index in [2.05, 4.69) is 15.5 Å². The highest BCUT2D eigenvalue weighted by atomic mass is 16.5. The molecule has 1 unspecified atom stereocenters. The first-order valence-corrected chi connectivity index (χ1v) is 4.43. The summed E-state index contributed by atoms with van der Waals surface area (Å²) < 4.78 is 4.79. The molecule has 2 N–H and O–H groups in total. The number of aryl methyl sites for hydroxylation is 1. The van der Waals surface area contributed by atoms with Crippen LogP contribution in [0.15, 0.2) is 12.1 Å². The Hall–Kier alpha value is -1.20. The minimum atomic E-state index is -0.525. The van der Waals surface area contributed by atoms with Crippen molar-refractivity contribution in [3.05, 3.63) is 17.8 Å². The molecule has 1 rings (SSSR count). The van der Waals surface area contributed by atoms with Crippen molar-refractivity contribution in [2.45, 2.75) is 13.0 Å². The van der Waals surface area contributed by atoms with Gasteiger partial charge in [-0.25, -0.2) is 0 Å². The average Bonchev–Trinajstić information content (AvgIpc) is 2.17. The van der Waals surface area contributed by atoms with Crippen LogP contribution in [-0.4, -0.2) is 41.7 Å². The highest BCUT2D eigenvalue weighted by Gasteiger charge is 2.02. The third-order valence-corrected chi connectivity index (χ3v) is 1.68. The summed E-state index contributed by atoms with van der Waals surface area (Å²) >= 11 is 0. The standard InChI is InChI=1S/C9H15N3O2/c1-7-3-4-9(12-11-7)10-5-8(13)6-14-2/h3-4,8,13H,5-6H2,1-2H3,(H,10,12). The number of hydrogen-bond acceptors (Lipinski definition) is 5. The fourth-order valence-corrected chi connectivity index (χ4v) is 0.967. The molecular formula is C9H15N3O2. The Balaban J connectivity index is 2.34. The van der Waals surface area contributed by atoms with Crippen LogP contribution in [0.1, 0.15) is 5.69 Å². The predicted octanol–water partition coefficient (Wildman–Crippen LogP) is 0.204. The van der Waals surface area contributed by atoms with E-state index in [1.54, 1.807) is 7.11 Å². The Kier molecular flexibility index (Phi) is 4.28. The molecule has 1 atom stereocenters. The zero-order valence-corrected chi connectivity index (χ0v) is 8.40. The molecule has 1 aromatic rings. The molecule has 1 aromatic heterocycles. The van der Waals surface area contributed by atoms with Gasteiger partial charge in [0.15, 0.2) is 0 Å². The summed E-state index contributed by atoms with van der Waals surface area (Å²) in [5.41, 5.74) is 0.869. The van der Waals surface area contributed by atoms with Crippen molar-refractivity contribution in [3.63, 3.8) is 0 Å². The number of rotatable bonds is 5. The van der Waals surface area contributed by atoms with Gasteiger partial charge in [-0.1, -0.05) is 0 Å². The van der Waals surface area contributed by atoms with E-state index < -0.39 is 6.10 Å². The molecule has 0 saturated carbocycles. The van der Waals surface area contributed by atoms with E-state index >= 15 is 0 Å². The van der Waals surface area contributed by atoms with Gasteiger partial charge in [0, 0.05) is 13.7 Å². The molecule has 0 aromatic carbocycles. The van der Waals surface area contributed by atoms with E-state index in [1.165, 1.54) is 0 Å². The summed E-state index contributed by atoms with van der Waals surface area (Å²) in [4.78, 5) is 0. The van der Waals surface area contributed by atoms with Crippen LogP contribution < -0.4 is 5.32 Å². The average molecular weight is 197 g/mol. The quantitative estimate of drug-likeness (QED) is 0.706. The molecule has 0 aliphatic carbocycles. The van der Waals surface area contributed by atoms with E-state index in [-0.39, 0.29) is 0 Å². The van der Waals surface area contributed by atoms with Gasteiger partial charge in [0.1, 0.15) is 5.82 Å². The predicted molar refractivity (Wildman–Crippen MR) is 53.1 cm³/mol. The van der Waals surface area contributed by atoms with Crippen LogP contribution in [0.2, 0.25) is 0 Å². The molecule has 0 spiro atoms. The molecule has 0 amide bonds. The van der Waals surface area contributed by atoms with Crippen LogP contribution in [0, 0.1) is 6.92 Å². The zero-order valence-electron chi connectivity index (χ0n) is 8.40. The van der Waals surface area contributed by atoms with Gasteiger partial charge in [-0.2, -0.15) is 5.10 Å². The Labute approximate surface area is 83.1 Å². The van der Waals surface area contributed by atoms with Gasteiger partial charge in [0.05, 0.1) is 18.4 Å². The number of ether oxygens (including phenoxy) is 1. The molecule has 1 heterocycles. The summed E-state index contributed by atoms with van der Waals surface area (Å²) in [6, 6.07) is 3.68. The first-order valence-electron chi connectivity index (χ1n) is 4.43. The Morgan fingerprint density at radius 1 is 1.50 bits per heavy atom. The Morgan fingerprint density at radius 3 is 2.86 bits per heavy atom. The lowest BCUT2D eigenvalue weighted by atomic mass is 10.3. The Morgan fingerprint density at radius 2 is 2.29 bits per heavy atom. The van der Waals surface area contributed by atoms with Crippen LogP contribution in [0.3, 0.4) is 0 Å². The largest absolute Gasteiger partial charge is 0.389 e. The minimum absolute atomic E-state index is 0.312. The molecule has 14 heavy (non-hydrogen) atoms. The van der Waals surface area contributed by atoms with Gasteiger partial charge >= 0.3 is 0 Å². The van der Waals surface area contributed by atoms with Gasteiger partial charge < -0.3 is 15.2 Å². The van der Waals surface area contributed by atoms with Gasteiger partial charge in [0.25, 0.3) is 0 Å². The molecule has 0 saturated heterocycles. The normalized spacial score (nSPS) is 12.5. The van der Waals surface area contributed by atoms with E-state index in [9.17, 15) is 5.11 Å². The molecule has 78 valence electrons. The summed E-state index contributed by atoms with van der Waals surface area (Å²) in [6.07, 6.45) is -0.525. The molecule has 0 aliphatic heterocycles. The minimum Gasteiger partial charge on any atom is -0.389 e. The summed E-state index contributed by atoms with van der Waals surface area (Å²) in [6.45, 7) is 2.59. The Bertz CT molecular complexity index is 263. The smallest absolute Gasteiger partial charge is 0.148 e. The lowest BCUT2D eigenvalue weighted by Gasteiger charge is -2.10. The highest BCUT2D eigenvalue weighted by Crippen LogP contribution is 2.00. The van der Waals surface area contributed by atoms with Crippen LogP contribution >= 0.6 is 0 Å². The van der Waals surface area contributed by atoms with Gasteiger partial charge in [-0.3, -0.25) is 0 Å². The number of aliphatic hydroxyl groups excluding tert-OH is 1. The second kappa shape index (κ2) is 5.51. The van der Waals surface area contributed by atoms with Gasteiger partial charge in [0.2, 0.25) is 0 Å². The first kappa shape index (κ1) is 10.9. The summed E-state index contributed by atoms with van der Waals surface area (Å²) in [5, 5.41) is 20.1. The van der Waals surface area contributed by atoms with E-state index in [0.29, 0.717) is 19.0 Å². The number of anilines is 1. The van der Waals surface area contributed by atoms with Crippen molar-refractivity contribution in [2.24, 2.45) is 0 Å². The van der Waals surface area contributed by atoms with Crippen LogP contribution in [-0.2, 0) is 4.74 Å². The lowest BCUT2D eigenvalue weighted by molar-refractivity contribution is 0.0727. The maximum Gasteiger partial charge on any atom is 0.148 e. The second-order valence-corrected chi connectivity index (χ2v) is 3.05. The fourth-order valence-electron chi connectivity index (χ4n) is 0.967. The number of aromatic nitrogens is 2.